The first-order valence-corrected chi connectivity index (χ1v) is 11.3. The fourth-order valence-electron chi connectivity index (χ4n) is 3.15. The molecule has 172 valence electrons. The van der Waals surface area contributed by atoms with Crippen LogP contribution in [-0.2, 0) is 4.79 Å². The summed E-state index contributed by atoms with van der Waals surface area (Å²) in [4.78, 5) is 23.9. The van der Waals surface area contributed by atoms with E-state index < -0.39 is 5.82 Å². The number of nitrogens with one attached hydrogen (secondary N) is 3. The topological polar surface area (TPSA) is 101 Å². The van der Waals surface area contributed by atoms with Crippen LogP contribution in [0.1, 0.15) is 0 Å². The van der Waals surface area contributed by atoms with Crippen molar-refractivity contribution in [1.82, 2.24) is 20.1 Å². The molecule has 0 saturated heterocycles. The third-order valence-electron chi connectivity index (χ3n) is 4.75. The van der Waals surface area contributed by atoms with Crippen LogP contribution in [0.15, 0.2) is 84.0 Å². The van der Waals surface area contributed by atoms with E-state index in [-0.39, 0.29) is 17.7 Å². The van der Waals surface area contributed by atoms with E-state index in [1.54, 1.807) is 47.0 Å². The number of carbonyl (C=O) groups excluding carboxylic acids is 2. The number of rotatable bonds is 7. The largest absolute Gasteiger partial charge is 0.341 e. The van der Waals surface area contributed by atoms with Crippen molar-refractivity contribution in [1.29, 1.82) is 0 Å². The molecular weight excluding hydrogens is 455 g/mol. The van der Waals surface area contributed by atoms with Gasteiger partial charge >= 0.3 is 6.03 Å². The molecule has 0 saturated carbocycles. The van der Waals surface area contributed by atoms with Crippen molar-refractivity contribution in [2.75, 3.05) is 23.4 Å². The second-order valence-electron chi connectivity index (χ2n) is 7.08. The average Bonchev–Trinajstić information content (AvgIpc) is 3.28. The summed E-state index contributed by atoms with van der Waals surface area (Å²) in [6.45, 7) is 0. The van der Waals surface area contributed by atoms with Crippen molar-refractivity contribution in [2.24, 2.45) is 0 Å². The van der Waals surface area contributed by atoms with Gasteiger partial charge in [-0.2, -0.15) is 0 Å². The molecule has 8 nitrogen and oxygen atoms in total. The standard InChI is InChI=1S/C24H21FN6O2S/c1-26-23(33)28-17-13-11-16(12-14-17)27-21(32)15-34-24-30-29-22(19-9-5-6-10-20(19)25)31(24)18-7-3-2-4-8-18/h2-14H,15H2,1H3,(H,27,32)(H2,26,28,33). The van der Waals surface area contributed by atoms with Gasteiger partial charge in [-0.15, -0.1) is 10.2 Å². The van der Waals surface area contributed by atoms with E-state index in [9.17, 15) is 14.0 Å². The molecule has 4 rings (SSSR count). The lowest BCUT2D eigenvalue weighted by Crippen LogP contribution is -2.24. The van der Waals surface area contributed by atoms with Crippen molar-refractivity contribution in [2.45, 2.75) is 5.16 Å². The number of nitrogens with zero attached hydrogens (tertiary/aromatic N) is 3. The van der Waals surface area contributed by atoms with E-state index in [0.717, 1.165) is 5.69 Å². The molecule has 0 radical (unpaired) electrons. The Hall–Kier alpha value is -4.18. The zero-order valence-corrected chi connectivity index (χ0v) is 19.0. The lowest BCUT2D eigenvalue weighted by Gasteiger charge is -2.11. The minimum absolute atomic E-state index is 0.0699. The molecule has 1 heterocycles. The molecule has 0 aliphatic carbocycles. The molecule has 1 aromatic heterocycles. The Morgan fingerprint density at radius 2 is 1.53 bits per heavy atom. The van der Waals surface area contributed by atoms with Gasteiger partial charge in [0, 0.05) is 24.1 Å². The highest BCUT2D eigenvalue weighted by Crippen LogP contribution is 2.29. The molecule has 0 bridgehead atoms. The van der Waals surface area contributed by atoms with E-state index >= 15 is 0 Å². The first-order valence-electron chi connectivity index (χ1n) is 10.3. The SMILES string of the molecule is CNC(=O)Nc1ccc(NC(=O)CSc2nnc(-c3ccccc3F)n2-c2ccccc2)cc1. The average molecular weight is 477 g/mol. The van der Waals surface area contributed by atoms with E-state index in [1.807, 2.05) is 30.3 Å². The Morgan fingerprint density at radius 1 is 0.882 bits per heavy atom. The minimum atomic E-state index is -0.407. The number of hydrogen-bond donors (Lipinski definition) is 3. The smallest absolute Gasteiger partial charge is 0.318 e. The van der Waals surface area contributed by atoms with E-state index in [0.29, 0.717) is 27.9 Å². The summed E-state index contributed by atoms with van der Waals surface area (Å²) < 4.78 is 16.2. The highest BCUT2D eigenvalue weighted by Gasteiger charge is 2.19. The maximum atomic E-state index is 14.5. The second-order valence-corrected chi connectivity index (χ2v) is 8.02. The van der Waals surface area contributed by atoms with Gasteiger partial charge in [0.1, 0.15) is 5.82 Å². The van der Waals surface area contributed by atoms with E-state index in [4.69, 9.17) is 0 Å². The predicted octanol–water partition coefficient (Wildman–Crippen LogP) is 4.56. The summed E-state index contributed by atoms with van der Waals surface area (Å²) in [5, 5.41) is 16.8. The molecule has 0 aliphatic heterocycles. The molecular formula is C24H21FN6O2S. The molecule has 4 aromatic rings. The molecule has 0 fully saturated rings. The van der Waals surface area contributed by atoms with Gasteiger partial charge in [0.2, 0.25) is 5.91 Å². The lowest BCUT2D eigenvalue weighted by atomic mass is 10.2. The van der Waals surface area contributed by atoms with Crippen LogP contribution in [-0.4, -0.2) is 39.5 Å². The van der Waals surface area contributed by atoms with Crippen molar-refractivity contribution in [3.8, 4) is 17.1 Å². The van der Waals surface area contributed by atoms with Gasteiger partial charge in [0.05, 0.1) is 11.3 Å². The van der Waals surface area contributed by atoms with Gasteiger partial charge in [-0.1, -0.05) is 42.1 Å². The first kappa shape index (κ1) is 23.0. The summed E-state index contributed by atoms with van der Waals surface area (Å²) >= 11 is 1.19. The van der Waals surface area contributed by atoms with Gasteiger partial charge in [0.25, 0.3) is 0 Å². The summed E-state index contributed by atoms with van der Waals surface area (Å²) in [6, 6.07) is 22.1. The molecule has 3 aromatic carbocycles. The monoisotopic (exact) mass is 476 g/mol. The van der Waals surface area contributed by atoms with Gasteiger partial charge in [-0.25, -0.2) is 9.18 Å². The van der Waals surface area contributed by atoms with Crippen LogP contribution >= 0.6 is 11.8 Å². The Morgan fingerprint density at radius 3 is 2.21 bits per heavy atom. The predicted molar refractivity (Wildman–Crippen MR) is 131 cm³/mol. The van der Waals surface area contributed by atoms with E-state index in [2.05, 4.69) is 26.1 Å². The number of benzene rings is 3. The highest BCUT2D eigenvalue weighted by atomic mass is 32.2. The van der Waals surface area contributed by atoms with Crippen LogP contribution < -0.4 is 16.0 Å². The summed E-state index contributed by atoms with van der Waals surface area (Å²) in [7, 11) is 1.53. The summed E-state index contributed by atoms with van der Waals surface area (Å²) in [5.41, 5.74) is 2.27. The Balaban J connectivity index is 1.49. The lowest BCUT2D eigenvalue weighted by molar-refractivity contribution is -0.113. The van der Waals surface area contributed by atoms with Crippen LogP contribution in [0.4, 0.5) is 20.6 Å². The zero-order chi connectivity index (χ0) is 23.9. The number of amides is 3. The number of thioether (sulfide) groups is 1. The third-order valence-corrected chi connectivity index (χ3v) is 5.68. The molecule has 34 heavy (non-hydrogen) atoms. The van der Waals surface area contributed by atoms with Crippen LogP contribution in [0.5, 0.6) is 0 Å². The molecule has 0 spiro atoms. The number of urea groups is 1. The van der Waals surface area contributed by atoms with Crippen molar-refractivity contribution >= 4 is 35.1 Å². The number of aromatic nitrogens is 3. The summed E-state index contributed by atoms with van der Waals surface area (Å²) in [5.74, 6) is -0.227. The van der Waals surface area contributed by atoms with Gasteiger partial charge < -0.3 is 16.0 Å². The molecule has 0 aliphatic rings. The fourth-order valence-corrected chi connectivity index (χ4v) is 3.90. The van der Waals surface area contributed by atoms with E-state index in [1.165, 1.54) is 24.9 Å². The highest BCUT2D eigenvalue weighted by molar-refractivity contribution is 7.99. The van der Waals surface area contributed by atoms with Crippen molar-refractivity contribution in [3.63, 3.8) is 0 Å². The Labute approximate surface area is 199 Å². The quantitative estimate of drug-likeness (QED) is 0.340. The molecule has 0 atom stereocenters. The number of hydrogen-bond acceptors (Lipinski definition) is 5. The first-order chi connectivity index (χ1) is 16.5. The molecule has 0 unspecified atom stereocenters. The maximum Gasteiger partial charge on any atom is 0.318 e. The third kappa shape index (κ3) is 5.41. The maximum absolute atomic E-state index is 14.5. The molecule has 10 heteroatoms. The minimum Gasteiger partial charge on any atom is -0.341 e. The number of para-hydroxylation sites is 1. The number of anilines is 2. The van der Waals surface area contributed by atoms with Crippen LogP contribution in [0.3, 0.4) is 0 Å². The van der Waals surface area contributed by atoms with Crippen LogP contribution in [0.2, 0.25) is 0 Å². The Bertz CT molecular complexity index is 1290. The molecule has 3 N–H and O–H groups in total. The van der Waals surface area contributed by atoms with Gasteiger partial charge in [0.15, 0.2) is 11.0 Å². The normalized spacial score (nSPS) is 10.5. The summed E-state index contributed by atoms with van der Waals surface area (Å²) in [6.07, 6.45) is 0. The van der Waals surface area contributed by atoms with Crippen LogP contribution in [0, 0.1) is 5.82 Å². The van der Waals surface area contributed by atoms with Gasteiger partial charge in [-0.3, -0.25) is 9.36 Å². The zero-order valence-electron chi connectivity index (χ0n) is 18.2. The fraction of sp³-hybridized carbons (Fsp3) is 0.0833. The number of halogens is 1. The second kappa shape index (κ2) is 10.6. The van der Waals surface area contributed by atoms with Gasteiger partial charge in [-0.05, 0) is 48.5 Å². The van der Waals surface area contributed by atoms with Crippen LogP contribution in [0.25, 0.3) is 17.1 Å². The molecule has 3 amide bonds. The van der Waals surface area contributed by atoms with Crippen molar-refractivity contribution < 1.29 is 14.0 Å². The van der Waals surface area contributed by atoms with Crippen molar-refractivity contribution in [3.05, 3.63) is 84.7 Å². The number of carbonyl (C=O) groups is 2. The Kier molecular flexibility index (Phi) is 7.19.